The Kier molecular flexibility index (Phi) is 11.1. The molecule has 174 valence electrons. The molecule has 7 heteroatoms. The van der Waals surface area contributed by atoms with E-state index in [1.54, 1.807) is 32.6 Å². The number of ether oxygens (including phenoxy) is 1. The Hall–Kier alpha value is -2.57. The lowest BCUT2D eigenvalue weighted by atomic mass is 10.0. The van der Waals surface area contributed by atoms with Crippen molar-refractivity contribution < 1.29 is 19.1 Å². The van der Waals surface area contributed by atoms with Gasteiger partial charge in [-0.25, -0.2) is 4.79 Å². The smallest absolute Gasteiger partial charge is 0.408 e. The van der Waals surface area contributed by atoms with Gasteiger partial charge in [-0.3, -0.25) is 9.59 Å². The van der Waals surface area contributed by atoms with E-state index < -0.39 is 23.8 Å². The summed E-state index contributed by atoms with van der Waals surface area (Å²) >= 11 is 0. The number of benzene rings is 1. The monoisotopic (exact) mass is 433 g/mol. The van der Waals surface area contributed by atoms with E-state index in [1.165, 1.54) is 0 Å². The third kappa shape index (κ3) is 9.40. The van der Waals surface area contributed by atoms with Crippen LogP contribution in [0.25, 0.3) is 0 Å². The summed E-state index contributed by atoms with van der Waals surface area (Å²) in [7, 11) is 0. The van der Waals surface area contributed by atoms with Crippen LogP contribution < -0.4 is 10.6 Å². The number of nitrogens with one attached hydrogen (secondary N) is 2. The SMILES string of the molecule is CCCCCNC(=O)C(c1ccccc1)N(CCC)C(=O)C(C)NC(=O)OC(C)(C)C. The molecule has 0 aliphatic carbocycles. The molecule has 1 rings (SSSR count). The molecule has 2 unspecified atom stereocenters. The number of carbonyl (C=O) groups is 3. The van der Waals surface area contributed by atoms with E-state index in [-0.39, 0.29) is 11.8 Å². The molecular formula is C24H39N3O4. The highest BCUT2D eigenvalue weighted by molar-refractivity contribution is 5.91. The van der Waals surface area contributed by atoms with Crippen molar-refractivity contribution in [3.8, 4) is 0 Å². The van der Waals surface area contributed by atoms with E-state index in [2.05, 4.69) is 17.6 Å². The molecule has 0 saturated carbocycles. The van der Waals surface area contributed by atoms with Gasteiger partial charge in [0.15, 0.2) is 0 Å². The molecular weight excluding hydrogens is 394 g/mol. The highest BCUT2D eigenvalue weighted by atomic mass is 16.6. The van der Waals surface area contributed by atoms with Gasteiger partial charge in [-0.2, -0.15) is 0 Å². The van der Waals surface area contributed by atoms with E-state index in [9.17, 15) is 14.4 Å². The summed E-state index contributed by atoms with van der Waals surface area (Å²) in [5, 5.41) is 5.57. The molecule has 0 saturated heterocycles. The Morgan fingerprint density at radius 1 is 1.03 bits per heavy atom. The van der Waals surface area contributed by atoms with Gasteiger partial charge in [0.2, 0.25) is 11.8 Å². The van der Waals surface area contributed by atoms with Crippen molar-refractivity contribution in [2.24, 2.45) is 0 Å². The fraction of sp³-hybridized carbons (Fsp3) is 0.625. The molecule has 0 aromatic heterocycles. The predicted octanol–water partition coefficient (Wildman–Crippen LogP) is 4.19. The Morgan fingerprint density at radius 3 is 2.23 bits per heavy atom. The Balaban J connectivity index is 3.07. The summed E-state index contributed by atoms with van der Waals surface area (Å²) in [6.07, 6.45) is 3.00. The van der Waals surface area contributed by atoms with Crippen LogP contribution in [0.15, 0.2) is 30.3 Å². The van der Waals surface area contributed by atoms with Crippen molar-refractivity contribution >= 4 is 17.9 Å². The summed E-state index contributed by atoms with van der Waals surface area (Å²) in [6, 6.07) is 7.67. The minimum atomic E-state index is -0.833. The zero-order valence-corrected chi connectivity index (χ0v) is 19.9. The van der Waals surface area contributed by atoms with Crippen molar-refractivity contribution in [1.82, 2.24) is 15.5 Å². The van der Waals surface area contributed by atoms with Gasteiger partial charge in [0.25, 0.3) is 0 Å². The molecule has 1 aromatic carbocycles. The average molecular weight is 434 g/mol. The number of rotatable bonds is 11. The summed E-state index contributed by atoms with van der Waals surface area (Å²) in [5.74, 6) is -0.543. The number of unbranched alkanes of at least 4 members (excludes halogenated alkanes) is 2. The van der Waals surface area contributed by atoms with E-state index in [1.807, 2.05) is 37.3 Å². The maximum atomic E-state index is 13.3. The number of hydrogen-bond donors (Lipinski definition) is 2. The maximum Gasteiger partial charge on any atom is 0.408 e. The number of carbonyl (C=O) groups excluding carboxylic acids is 3. The summed E-state index contributed by atoms with van der Waals surface area (Å²) in [6.45, 7) is 11.9. The number of nitrogens with zero attached hydrogens (tertiary/aromatic N) is 1. The molecule has 2 atom stereocenters. The molecule has 3 amide bonds. The first-order chi connectivity index (χ1) is 14.6. The van der Waals surface area contributed by atoms with Crippen LogP contribution in [0.4, 0.5) is 4.79 Å². The third-order valence-electron chi connectivity index (χ3n) is 4.61. The van der Waals surface area contributed by atoms with Crippen LogP contribution in [-0.4, -0.2) is 47.5 Å². The molecule has 0 spiro atoms. The minimum absolute atomic E-state index is 0.214. The fourth-order valence-corrected chi connectivity index (χ4v) is 3.19. The molecule has 31 heavy (non-hydrogen) atoms. The van der Waals surface area contributed by atoms with Crippen LogP contribution >= 0.6 is 0 Å². The Morgan fingerprint density at radius 2 is 1.68 bits per heavy atom. The van der Waals surface area contributed by atoms with Crippen LogP contribution in [0.2, 0.25) is 0 Å². The van der Waals surface area contributed by atoms with Crippen molar-refractivity contribution in [2.45, 2.75) is 84.9 Å². The van der Waals surface area contributed by atoms with Gasteiger partial charge in [0, 0.05) is 13.1 Å². The lowest BCUT2D eigenvalue weighted by Crippen LogP contribution is -2.52. The third-order valence-corrected chi connectivity index (χ3v) is 4.61. The minimum Gasteiger partial charge on any atom is -0.444 e. The van der Waals surface area contributed by atoms with E-state index in [4.69, 9.17) is 4.74 Å². The van der Waals surface area contributed by atoms with Crippen LogP contribution in [0.3, 0.4) is 0 Å². The van der Waals surface area contributed by atoms with Crippen molar-refractivity contribution in [1.29, 1.82) is 0 Å². The topological polar surface area (TPSA) is 87.7 Å². The Labute approximate surface area is 186 Å². The normalized spacial score (nSPS) is 13.1. The summed E-state index contributed by atoms with van der Waals surface area (Å²) in [4.78, 5) is 40.1. The van der Waals surface area contributed by atoms with Crippen LogP contribution in [0, 0.1) is 0 Å². The standard InChI is InChI=1S/C24H39N3O4/c1-7-9-13-16-25-21(28)20(19-14-11-10-12-15-19)27(17-8-2)22(29)18(3)26-23(30)31-24(4,5)6/h10-12,14-15,18,20H,7-9,13,16-17H2,1-6H3,(H,25,28)(H,26,30). The van der Waals surface area contributed by atoms with Crippen LogP contribution in [0.5, 0.6) is 0 Å². The average Bonchev–Trinajstić information content (AvgIpc) is 2.69. The van der Waals surface area contributed by atoms with Gasteiger partial charge in [-0.1, -0.05) is 57.0 Å². The van der Waals surface area contributed by atoms with Crippen molar-refractivity contribution in [3.63, 3.8) is 0 Å². The van der Waals surface area contributed by atoms with Gasteiger partial charge in [-0.05, 0) is 46.1 Å². The number of amides is 3. The van der Waals surface area contributed by atoms with Crippen molar-refractivity contribution in [2.75, 3.05) is 13.1 Å². The molecule has 0 bridgehead atoms. The first kappa shape index (κ1) is 26.5. The van der Waals surface area contributed by atoms with Gasteiger partial charge in [-0.15, -0.1) is 0 Å². The zero-order valence-electron chi connectivity index (χ0n) is 19.9. The number of hydrogen-bond acceptors (Lipinski definition) is 4. The molecule has 0 aliphatic heterocycles. The summed E-state index contributed by atoms with van der Waals surface area (Å²) in [5.41, 5.74) is 0.0720. The largest absolute Gasteiger partial charge is 0.444 e. The van der Waals surface area contributed by atoms with Crippen molar-refractivity contribution in [3.05, 3.63) is 35.9 Å². The molecule has 7 nitrogen and oxygen atoms in total. The lowest BCUT2D eigenvalue weighted by Gasteiger charge is -2.33. The molecule has 0 fully saturated rings. The molecule has 0 heterocycles. The highest BCUT2D eigenvalue weighted by Gasteiger charge is 2.34. The van der Waals surface area contributed by atoms with Gasteiger partial charge in [0.1, 0.15) is 17.7 Å². The predicted molar refractivity (Wildman–Crippen MR) is 123 cm³/mol. The molecule has 1 aromatic rings. The van der Waals surface area contributed by atoms with E-state index in [0.29, 0.717) is 19.5 Å². The van der Waals surface area contributed by atoms with Gasteiger partial charge in [0.05, 0.1) is 0 Å². The van der Waals surface area contributed by atoms with E-state index in [0.717, 1.165) is 24.8 Å². The Bertz CT molecular complexity index is 701. The first-order valence-corrected chi connectivity index (χ1v) is 11.2. The van der Waals surface area contributed by atoms with Gasteiger partial charge < -0.3 is 20.3 Å². The van der Waals surface area contributed by atoms with E-state index >= 15 is 0 Å². The maximum absolute atomic E-state index is 13.3. The zero-order chi connectivity index (χ0) is 23.4. The lowest BCUT2D eigenvalue weighted by molar-refractivity contribution is -0.142. The quantitative estimate of drug-likeness (QED) is 0.512. The second kappa shape index (κ2) is 13.0. The van der Waals surface area contributed by atoms with Crippen LogP contribution in [-0.2, 0) is 14.3 Å². The fourth-order valence-electron chi connectivity index (χ4n) is 3.19. The first-order valence-electron chi connectivity index (χ1n) is 11.2. The van der Waals surface area contributed by atoms with Crippen LogP contribution in [0.1, 0.15) is 78.8 Å². The summed E-state index contributed by atoms with van der Waals surface area (Å²) < 4.78 is 5.27. The second-order valence-electron chi connectivity index (χ2n) is 8.71. The second-order valence-corrected chi connectivity index (χ2v) is 8.71. The number of alkyl carbamates (subject to hydrolysis) is 1. The molecule has 2 N–H and O–H groups in total. The van der Waals surface area contributed by atoms with Gasteiger partial charge >= 0.3 is 6.09 Å². The highest BCUT2D eigenvalue weighted by Crippen LogP contribution is 2.23. The molecule has 0 aliphatic rings. The molecule has 0 radical (unpaired) electrons.